The second kappa shape index (κ2) is 15.0. The molecule has 10 nitrogen and oxygen atoms in total. The van der Waals surface area contributed by atoms with Crippen LogP contribution in [0, 0.1) is 26.7 Å². The van der Waals surface area contributed by atoms with Crippen LogP contribution in [0.5, 0.6) is 5.75 Å². The number of nitrogens with one attached hydrogen (secondary N) is 2. The topological polar surface area (TPSA) is 130 Å². The Labute approximate surface area is 280 Å². The van der Waals surface area contributed by atoms with E-state index in [2.05, 4.69) is 61.8 Å². The highest BCUT2D eigenvalue weighted by atomic mass is 32.2. The Morgan fingerprint density at radius 2 is 1.51 bits per heavy atom. The minimum Gasteiger partial charge on any atom is -0.496 e. The fourth-order valence-electron chi connectivity index (χ4n) is 5.38. The van der Waals surface area contributed by atoms with E-state index in [9.17, 15) is 8.42 Å². The van der Waals surface area contributed by atoms with Gasteiger partial charge in [0.25, 0.3) is 0 Å². The molecule has 4 heterocycles. The van der Waals surface area contributed by atoms with Gasteiger partial charge in [-0.1, -0.05) is 44.2 Å². The quantitative estimate of drug-likeness (QED) is 0.168. The number of imidazole rings is 2. The van der Waals surface area contributed by atoms with Gasteiger partial charge in [-0.2, -0.15) is 0 Å². The van der Waals surface area contributed by atoms with Gasteiger partial charge in [0, 0.05) is 42.3 Å². The molecule has 0 aliphatic heterocycles. The Bertz CT molecular complexity index is 2020. The first kappa shape index (κ1) is 33.9. The van der Waals surface area contributed by atoms with E-state index >= 15 is 0 Å². The molecular formula is C35H41N7O3S2. The van der Waals surface area contributed by atoms with Gasteiger partial charge in [-0.05, 0) is 62.6 Å². The first-order valence-corrected chi connectivity index (χ1v) is 18.0. The second-order valence-corrected chi connectivity index (χ2v) is 14.6. The molecule has 47 heavy (non-hydrogen) atoms. The molecule has 0 saturated heterocycles. The minimum absolute atomic E-state index is 0.279. The smallest absolute Gasteiger partial charge is 0.199 e. The van der Waals surface area contributed by atoms with Gasteiger partial charge in [-0.25, -0.2) is 15.0 Å². The predicted octanol–water partition coefficient (Wildman–Crippen LogP) is 6.56. The van der Waals surface area contributed by atoms with Crippen LogP contribution in [-0.2, 0) is 33.1 Å². The fraction of sp³-hybridized carbons (Fsp3) is 0.314. The normalized spacial score (nSPS) is 12.6. The molecule has 0 radical (unpaired) electrons. The van der Waals surface area contributed by atoms with Crippen molar-refractivity contribution in [2.24, 2.45) is 5.92 Å². The van der Waals surface area contributed by atoms with Gasteiger partial charge in [0.1, 0.15) is 5.75 Å². The van der Waals surface area contributed by atoms with Crippen molar-refractivity contribution in [3.05, 3.63) is 94.9 Å². The summed E-state index contributed by atoms with van der Waals surface area (Å²) in [6.07, 6.45) is 1.74. The number of aromatic nitrogens is 6. The van der Waals surface area contributed by atoms with Gasteiger partial charge in [0.15, 0.2) is 16.0 Å². The number of para-hydroxylation sites is 3. The summed E-state index contributed by atoms with van der Waals surface area (Å²) < 4.78 is 30.8. The van der Waals surface area contributed by atoms with Crippen molar-refractivity contribution in [2.75, 3.05) is 25.6 Å². The van der Waals surface area contributed by atoms with Crippen LogP contribution >= 0.6 is 0 Å². The molecule has 4 aromatic heterocycles. The van der Waals surface area contributed by atoms with Crippen LogP contribution in [0.4, 0.5) is 5.69 Å². The third kappa shape index (κ3) is 8.12. The largest absolute Gasteiger partial charge is 0.496 e. The molecule has 0 aliphatic rings. The molecular weight excluding hydrogens is 631 g/mol. The highest BCUT2D eigenvalue weighted by Gasteiger charge is 2.17. The maximum absolute atomic E-state index is 12.8. The Kier molecular flexibility index (Phi) is 10.8. The maximum atomic E-state index is 12.8. The van der Waals surface area contributed by atoms with Crippen LogP contribution in [0.1, 0.15) is 41.9 Å². The van der Waals surface area contributed by atoms with Crippen molar-refractivity contribution in [3.8, 4) is 5.75 Å². The van der Waals surface area contributed by atoms with Crippen LogP contribution < -0.4 is 9.64 Å². The van der Waals surface area contributed by atoms with E-state index in [-0.39, 0.29) is 5.75 Å². The second-order valence-electron chi connectivity index (χ2n) is 11.9. The third-order valence-electron chi connectivity index (χ3n) is 7.61. The lowest BCUT2D eigenvalue weighted by Crippen LogP contribution is -2.23. The van der Waals surface area contributed by atoms with Crippen molar-refractivity contribution in [1.82, 2.24) is 29.9 Å². The zero-order chi connectivity index (χ0) is 33.7. The average Bonchev–Trinajstić information content (AvgIpc) is 3.67. The molecule has 0 spiro atoms. The standard InChI is InChI=1S/C19H23N3OS.C16H18N4O2S/c1-14(2)12-22(3)18-11-7-4-8-15(18)13-24(23)19-20-16-9-5-6-10-17(16)21-19;1-9-7-17-13(11(3)14(9)22-4)8-23(21)16-19-12-6-5-10(2)18-15(12)20-16/h4-11,14H,12-13H2,1-3H3,(H,20,21);5-7H,8H2,1-4H3,(H,18,19,20). The molecule has 2 N–H and O–H groups in total. The number of pyridine rings is 2. The van der Waals surface area contributed by atoms with Gasteiger partial charge in [-0.3, -0.25) is 13.4 Å². The van der Waals surface area contributed by atoms with E-state index in [0.717, 1.165) is 62.6 Å². The number of ether oxygens (including phenoxy) is 1. The summed E-state index contributed by atoms with van der Waals surface area (Å²) in [5.74, 6) is 2.09. The number of hydrogen-bond donors (Lipinski definition) is 2. The number of fused-ring (bicyclic) bond motifs is 2. The van der Waals surface area contributed by atoms with E-state index < -0.39 is 21.6 Å². The van der Waals surface area contributed by atoms with Gasteiger partial charge < -0.3 is 19.6 Å². The molecule has 0 bridgehead atoms. The molecule has 0 saturated carbocycles. The van der Waals surface area contributed by atoms with E-state index in [1.165, 1.54) is 0 Å². The number of methoxy groups -OCH3 is 1. The van der Waals surface area contributed by atoms with Gasteiger partial charge in [0.05, 0.1) is 62.5 Å². The average molecular weight is 672 g/mol. The van der Waals surface area contributed by atoms with Gasteiger partial charge in [0.2, 0.25) is 0 Å². The summed E-state index contributed by atoms with van der Waals surface area (Å²) in [6.45, 7) is 11.1. The summed E-state index contributed by atoms with van der Waals surface area (Å²) in [4.78, 5) is 26.0. The Morgan fingerprint density at radius 3 is 2.26 bits per heavy atom. The lowest BCUT2D eigenvalue weighted by molar-refractivity contribution is 0.407. The first-order chi connectivity index (χ1) is 22.5. The number of nitrogens with zero attached hydrogens (tertiary/aromatic N) is 5. The number of rotatable bonds is 10. The Hall–Kier alpha value is -4.42. The highest BCUT2D eigenvalue weighted by Crippen LogP contribution is 2.26. The molecule has 2 aromatic carbocycles. The lowest BCUT2D eigenvalue weighted by atomic mass is 10.1. The molecule has 246 valence electrons. The minimum atomic E-state index is -1.33. The van der Waals surface area contributed by atoms with Crippen LogP contribution in [0.3, 0.4) is 0 Å². The summed E-state index contributed by atoms with van der Waals surface area (Å²) in [7, 11) is 1.19. The van der Waals surface area contributed by atoms with Crippen molar-refractivity contribution in [3.63, 3.8) is 0 Å². The number of aromatic amines is 2. The molecule has 2 atom stereocenters. The summed E-state index contributed by atoms with van der Waals surface area (Å²) in [6, 6.07) is 19.7. The summed E-state index contributed by atoms with van der Waals surface area (Å²) >= 11 is 0. The number of hydrogen-bond acceptors (Lipinski definition) is 8. The monoisotopic (exact) mass is 671 g/mol. The number of benzene rings is 2. The SMILES string of the molecule is CC(C)CN(C)c1ccccc1CS(=O)c1nc2ccccc2[nH]1.COc1c(C)cnc(CS(=O)c2nc3nc(C)ccc3[nH]2)c1C. The summed E-state index contributed by atoms with van der Waals surface area (Å²) in [5, 5.41) is 0.955. The number of aryl methyl sites for hydroxylation is 2. The fourth-order valence-corrected chi connectivity index (χ4v) is 7.56. The molecule has 0 aliphatic carbocycles. The molecule has 6 aromatic rings. The van der Waals surface area contributed by atoms with Crippen molar-refractivity contribution in [1.29, 1.82) is 0 Å². The molecule has 12 heteroatoms. The van der Waals surface area contributed by atoms with Crippen molar-refractivity contribution in [2.45, 2.75) is 56.4 Å². The third-order valence-corrected chi connectivity index (χ3v) is 9.97. The van der Waals surface area contributed by atoms with Crippen LogP contribution in [0.15, 0.2) is 77.2 Å². The predicted molar refractivity (Wildman–Crippen MR) is 190 cm³/mol. The Morgan fingerprint density at radius 1 is 0.830 bits per heavy atom. The van der Waals surface area contributed by atoms with Crippen LogP contribution in [0.2, 0.25) is 0 Å². The molecule has 0 amide bonds. The van der Waals surface area contributed by atoms with E-state index in [0.29, 0.717) is 27.6 Å². The zero-order valence-corrected chi connectivity index (χ0v) is 29.5. The van der Waals surface area contributed by atoms with E-state index in [4.69, 9.17) is 4.74 Å². The van der Waals surface area contributed by atoms with Crippen LogP contribution in [-0.4, -0.2) is 59.0 Å². The molecule has 6 rings (SSSR count). The first-order valence-electron chi connectivity index (χ1n) is 15.4. The molecule has 2 unspecified atom stereocenters. The maximum Gasteiger partial charge on any atom is 0.199 e. The zero-order valence-electron chi connectivity index (χ0n) is 27.8. The van der Waals surface area contributed by atoms with Crippen molar-refractivity contribution >= 4 is 49.5 Å². The Balaban J connectivity index is 0.000000185. The highest BCUT2D eigenvalue weighted by molar-refractivity contribution is 7.84. The lowest BCUT2D eigenvalue weighted by Gasteiger charge is -2.24. The van der Waals surface area contributed by atoms with E-state index in [1.807, 2.05) is 75.4 Å². The molecule has 0 fully saturated rings. The number of H-pyrrole nitrogens is 2. The van der Waals surface area contributed by atoms with Crippen LogP contribution in [0.25, 0.3) is 22.2 Å². The number of anilines is 1. The summed E-state index contributed by atoms with van der Waals surface area (Å²) in [5.41, 5.74) is 8.85. The van der Waals surface area contributed by atoms with E-state index in [1.54, 1.807) is 13.3 Å². The van der Waals surface area contributed by atoms with Gasteiger partial charge >= 0.3 is 0 Å². The van der Waals surface area contributed by atoms with Crippen molar-refractivity contribution < 1.29 is 13.2 Å². The van der Waals surface area contributed by atoms with Gasteiger partial charge in [-0.15, -0.1) is 0 Å².